The van der Waals surface area contributed by atoms with E-state index in [1.165, 1.54) is 18.3 Å². The summed E-state index contributed by atoms with van der Waals surface area (Å²) in [6.45, 7) is 9.75. The lowest BCUT2D eigenvalue weighted by Gasteiger charge is -2.28. The number of carbonyl (C=O) groups excluding carboxylic acids is 2. The van der Waals surface area contributed by atoms with E-state index in [0.717, 1.165) is 11.0 Å². The minimum absolute atomic E-state index is 0.215. The Bertz CT molecular complexity index is 967. The van der Waals surface area contributed by atoms with Gasteiger partial charge in [-0.25, -0.2) is 19.5 Å². The molecule has 0 atom stereocenters. The quantitative estimate of drug-likeness (QED) is 0.552. The van der Waals surface area contributed by atoms with Crippen LogP contribution in [0.5, 0.6) is 0 Å². The predicted octanol–water partition coefficient (Wildman–Crippen LogP) is 6.52. The fourth-order valence-electron chi connectivity index (χ4n) is 2.64. The van der Waals surface area contributed by atoms with E-state index in [-0.39, 0.29) is 12.4 Å². The van der Waals surface area contributed by atoms with Gasteiger partial charge >= 0.3 is 18.4 Å². The Morgan fingerprint density at radius 2 is 1.52 bits per heavy atom. The molecule has 0 unspecified atom stereocenters. The second-order valence-corrected chi connectivity index (χ2v) is 9.27. The number of benzene rings is 1. The van der Waals surface area contributed by atoms with Crippen molar-refractivity contribution in [2.75, 3.05) is 5.32 Å². The molecule has 1 aromatic carbocycles. The lowest BCUT2D eigenvalue weighted by molar-refractivity contribution is -0.137. The molecule has 2 rings (SSSR count). The van der Waals surface area contributed by atoms with Crippen molar-refractivity contribution in [1.29, 1.82) is 0 Å². The van der Waals surface area contributed by atoms with Gasteiger partial charge in [-0.15, -0.1) is 0 Å². The summed E-state index contributed by atoms with van der Waals surface area (Å²) in [4.78, 5) is 29.9. The highest BCUT2D eigenvalue weighted by Gasteiger charge is 2.34. The van der Waals surface area contributed by atoms with Crippen LogP contribution >= 0.6 is 0 Å². The number of nitrogens with one attached hydrogen (secondary N) is 1. The molecule has 7 nitrogen and oxygen atoms in total. The van der Waals surface area contributed by atoms with Crippen LogP contribution in [0.25, 0.3) is 0 Å². The normalized spacial score (nSPS) is 12.2. The minimum Gasteiger partial charge on any atom is -0.443 e. The Kier molecular flexibility index (Phi) is 7.61. The summed E-state index contributed by atoms with van der Waals surface area (Å²) in [5, 5.41) is 2.65. The third-order valence-corrected chi connectivity index (χ3v) is 3.87. The molecule has 0 bridgehead atoms. The number of aromatic nitrogens is 1. The van der Waals surface area contributed by atoms with E-state index >= 15 is 0 Å². The fourth-order valence-corrected chi connectivity index (χ4v) is 2.64. The van der Waals surface area contributed by atoms with Gasteiger partial charge in [0.05, 0.1) is 12.1 Å². The molecule has 1 heterocycles. The Balaban J connectivity index is 2.31. The zero-order chi connectivity index (χ0) is 25.0. The first-order valence-electron chi connectivity index (χ1n) is 10.2. The number of amides is 2. The van der Waals surface area contributed by atoms with Crippen LogP contribution in [0.1, 0.15) is 52.7 Å². The molecule has 180 valence electrons. The van der Waals surface area contributed by atoms with Crippen molar-refractivity contribution in [2.45, 2.75) is 65.5 Å². The monoisotopic (exact) mass is 467 g/mol. The number of nitrogens with zero attached hydrogens (tertiary/aromatic N) is 2. The minimum atomic E-state index is -4.58. The smallest absolute Gasteiger partial charge is 0.420 e. The van der Waals surface area contributed by atoms with Crippen molar-refractivity contribution >= 4 is 23.7 Å². The topological polar surface area (TPSA) is 80.8 Å². The molecular weight excluding hydrogens is 439 g/mol. The van der Waals surface area contributed by atoms with Crippen LogP contribution in [0, 0.1) is 0 Å². The van der Waals surface area contributed by atoms with Crippen LogP contribution < -0.4 is 5.32 Å². The van der Waals surface area contributed by atoms with Crippen LogP contribution in [0.4, 0.5) is 34.3 Å². The number of ether oxygens (including phenoxy) is 2. The van der Waals surface area contributed by atoms with Gasteiger partial charge in [0.1, 0.15) is 17.0 Å². The van der Waals surface area contributed by atoms with E-state index in [1.807, 2.05) is 0 Å². The Hall–Kier alpha value is -3.30. The molecule has 33 heavy (non-hydrogen) atoms. The van der Waals surface area contributed by atoms with Gasteiger partial charge in [-0.1, -0.05) is 12.1 Å². The van der Waals surface area contributed by atoms with Gasteiger partial charge in [0.15, 0.2) is 0 Å². The highest BCUT2D eigenvalue weighted by atomic mass is 19.4. The van der Waals surface area contributed by atoms with Gasteiger partial charge in [-0.05, 0) is 71.4 Å². The molecule has 1 N–H and O–H groups in total. The number of halogens is 3. The maximum Gasteiger partial charge on any atom is 0.420 e. The zero-order valence-corrected chi connectivity index (χ0v) is 19.4. The lowest BCUT2D eigenvalue weighted by Crippen LogP contribution is -2.43. The zero-order valence-electron chi connectivity index (χ0n) is 19.4. The molecule has 2 amide bonds. The summed E-state index contributed by atoms with van der Waals surface area (Å²) in [5.74, 6) is -0.363. The van der Waals surface area contributed by atoms with E-state index in [1.54, 1.807) is 59.7 Å². The van der Waals surface area contributed by atoms with Gasteiger partial charge in [-0.2, -0.15) is 13.2 Å². The standard InChI is InChI=1S/C23H28F3N3O4/c1-21(2,3)32-19(30)29(20(31)33-22(4,5)6)14-15-9-7-10-16(13-15)28-18-17(23(24,25)26)11-8-12-27-18/h7-13H,14H2,1-6H3,(H,27,28). The Labute approximate surface area is 190 Å². The molecule has 0 aliphatic heterocycles. The largest absolute Gasteiger partial charge is 0.443 e. The van der Waals surface area contributed by atoms with Crippen molar-refractivity contribution < 1.29 is 32.2 Å². The summed E-state index contributed by atoms with van der Waals surface area (Å²) < 4.78 is 50.4. The molecule has 0 spiro atoms. The Morgan fingerprint density at radius 3 is 2.03 bits per heavy atom. The van der Waals surface area contributed by atoms with E-state index in [0.29, 0.717) is 11.3 Å². The number of rotatable bonds is 4. The van der Waals surface area contributed by atoms with Crippen molar-refractivity contribution in [3.63, 3.8) is 0 Å². The first-order valence-corrected chi connectivity index (χ1v) is 10.2. The molecule has 0 aliphatic carbocycles. The van der Waals surface area contributed by atoms with Gasteiger partial charge in [-0.3, -0.25) is 0 Å². The fraction of sp³-hybridized carbons (Fsp3) is 0.435. The number of pyridine rings is 1. The van der Waals surface area contributed by atoms with Crippen LogP contribution in [0.15, 0.2) is 42.6 Å². The second-order valence-electron chi connectivity index (χ2n) is 9.27. The van der Waals surface area contributed by atoms with Crippen LogP contribution in [-0.2, 0) is 22.2 Å². The maximum absolute atomic E-state index is 13.3. The molecule has 0 aliphatic rings. The third kappa shape index (κ3) is 8.28. The van der Waals surface area contributed by atoms with E-state index in [9.17, 15) is 22.8 Å². The maximum atomic E-state index is 13.3. The van der Waals surface area contributed by atoms with Crippen LogP contribution in [0.3, 0.4) is 0 Å². The first kappa shape index (κ1) is 26.0. The SMILES string of the molecule is CC(C)(C)OC(=O)N(Cc1cccc(Nc2ncccc2C(F)(F)F)c1)C(=O)OC(C)(C)C. The Morgan fingerprint density at radius 1 is 0.939 bits per heavy atom. The van der Waals surface area contributed by atoms with Crippen molar-refractivity contribution in [3.8, 4) is 0 Å². The summed E-state index contributed by atoms with van der Waals surface area (Å²) in [7, 11) is 0. The van der Waals surface area contributed by atoms with E-state index in [4.69, 9.17) is 9.47 Å². The van der Waals surface area contributed by atoms with Crippen molar-refractivity contribution in [3.05, 3.63) is 53.7 Å². The van der Waals surface area contributed by atoms with Gasteiger partial charge < -0.3 is 14.8 Å². The highest BCUT2D eigenvalue weighted by molar-refractivity contribution is 5.88. The summed E-state index contributed by atoms with van der Waals surface area (Å²) in [5.41, 5.74) is -1.87. The second kappa shape index (κ2) is 9.68. The lowest BCUT2D eigenvalue weighted by atomic mass is 10.1. The average molecular weight is 467 g/mol. The van der Waals surface area contributed by atoms with Crippen LogP contribution in [0.2, 0.25) is 0 Å². The summed E-state index contributed by atoms with van der Waals surface area (Å²) in [6, 6.07) is 8.38. The molecule has 2 aromatic rings. The molecule has 0 radical (unpaired) electrons. The van der Waals surface area contributed by atoms with Gasteiger partial charge in [0.25, 0.3) is 0 Å². The number of anilines is 2. The molecule has 10 heteroatoms. The van der Waals surface area contributed by atoms with Crippen molar-refractivity contribution in [2.24, 2.45) is 0 Å². The number of hydrogen-bond acceptors (Lipinski definition) is 6. The van der Waals surface area contributed by atoms with E-state index < -0.39 is 35.1 Å². The molecule has 1 aromatic heterocycles. The number of alkyl halides is 3. The molecule has 0 saturated heterocycles. The number of carbonyl (C=O) groups is 2. The average Bonchev–Trinajstić information content (AvgIpc) is 2.63. The molecule has 0 fully saturated rings. The molecular formula is C23H28F3N3O4. The van der Waals surface area contributed by atoms with Crippen molar-refractivity contribution in [1.82, 2.24) is 9.88 Å². The number of hydrogen-bond donors (Lipinski definition) is 1. The van der Waals surface area contributed by atoms with Crippen LogP contribution in [-0.4, -0.2) is 33.3 Å². The van der Waals surface area contributed by atoms with Gasteiger partial charge in [0.2, 0.25) is 0 Å². The van der Waals surface area contributed by atoms with E-state index in [2.05, 4.69) is 10.3 Å². The predicted molar refractivity (Wildman–Crippen MR) is 117 cm³/mol. The molecule has 0 saturated carbocycles. The first-order chi connectivity index (χ1) is 15.0. The van der Waals surface area contributed by atoms with Gasteiger partial charge in [0, 0.05) is 11.9 Å². The number of imide groups is 1. The highest BCUT2D eigenvalue weighted by Crippen LogP contribution is 2.34. The summed E-state index contributed by atoms with van der Waals surface area (Å²) >= 11 is 0. The summed E-state index contributed by atoms with van der Waals surface area (Å²) in [6.07, 6.45) is -5.15. The third-order valence-electron chi connectivity index (χ3n) is 3.87.